The molecule has 0 aliphatic carbocycles. The van der Waals surface area contributed by atoms with Crippen LogP contribution in [0.1, 0.15) is 20.8 Å². The second kappa shape index (κ2) is 6.21. The number of likely N-dealkylation sites (N-methyl/N-ethyl adjacent to an activating group) is 2. The third-order valence-corrected chi connectivity index (χ3v) is 3.54. The van der Waals surface area contributed by atoms with Crippen molar-refractivity contribution in [2.24, 2.45) is 5.92 Å². The number of hydrogen-bond acceptors (Lipinski definition) is 3. The molecule has 0 aromatic rings. The highest BCUT2D eigenvalue weighted by Crippen LogP contribution is 2.13. The summed E-state index contributed by atoms with van der Waals surface area (Å²) < 4.78 is 0. The number of carbonyl (C=O) groups excluding carboxylic acids is 1. The minimum absolute atomic E-state index is 0.242. The highest BCUT2D eigenvalue weighted by Gasteiger charge is 2.28. The molecule has 1 rings (SSSR count). The van der Waals surface area contributed by atoms with Gasteiger partial charge in [-0.05, 0) is 33.4 Å². The Bertz CT molecular complexity index is 228. The van der Waals surface area contributed by atoms with Crippen LogP contribution in [0, 0.1) is 5.92 Å². The van der Waals surface area contributed by atoms with Gasteiger partial charge in [0, 0.05) is 25.7 Å². The maximum atomic E-state index is 11.9. The zero-order valence-electron chi connectivity index (χ0n) is 11.0. The van der Waals surface area contributed by atoms with Gasteiger partial charge in [0.2, 0.25) is 5.91 Å². The van der Waals surface area contributed by atoms with E-state index in [-0.39, 0.29) is 5.91 Å². The Balaban J connectivity index is 2.43. The first-order chi connectivity index (χ1) is 7.60. The van der Waals surface area contributed by atoms with Gasteiger partial charge in [-0.1, -0.05) is 6.92 Å². The van der Waals surface area contributed by atoms with E-state index in [4.69, 9.17) is 0 Å². The summed E-state index contributed by atoms with van der Waals surface area (Å²) in [4.78, 5) is 16.0. The van der Waals surface area contributed by atoms with Crippen LogP contribution in [0.3, 0.4) is 0 Å². The van der Waals surface area contributed by atoms with Crippen LogP contribution in [0.25, 0.3) is 0 Å². The van der Waals surface area contributed by atoms with Gasteiger partial charge in [-0.15, -0.1) is 0 Å². The molecule has 0 spiro atoms. The largest absolute Gasteiger partial charge is 0.342 e. The lowest BCUT2D eigenvalue weighted by molar-refractivity contribution is -0.132. The molecule has 1 heterocycles. The van der Waals surface area contributed by atoms with Crippen molar-refractivity contribution in [3.8, 4) is 0 Å². The van der Waals surface area contributed by atoms with Crippen LogP contribution in [0.15, 0.2) is 0 Å². The Kier molecular flexibility index (Phi) is 5.22. The molecule has 94 valence electrons. The molecule has 2 unspecified atom stereocenters. The first-order valence-electron chi connectivity index (χ1n) is 6.28. The van der Waals surface area contributed by atoms with Crippen LogP contribution in [-0.4, -0.2) is 61.5 Å². The van der Waals surface area contributed by atoms with Gasteiger partial charge in [-0.2, -0.15) is 0 Å². The maximum Gasteiger partial charge on any atom is 0.236 e. The van der Waals surface area contributed by atoms with Gasteiger partial charge < -0.3 is 10.2 Å². The summed E-state index contributed by atoms with van der Waals surface area (Å²) in [7, 11) is 2.05. The Hall–Kier alpha value is -0.610. The molecule has 0 aromatic heterocycles. The third-order valence-electron chi connectivity index (χ3n) is 3.54. The van der Waals surface area contributed by atoms with Crippen molar-refractivity contribution in [1.82, 2.24) is 15.1 Å². The molecule has 1 N–H and O–H groups in total. The van der Waals surface area contributed by atoms with E-state index in [2.05, 4.69) is 24.2 Å². The van der Waals surface area contributed by atoms with Crippen LogP contribution in [0.5, 0.6) is 0 Å². The number of carbonyl (C=O) groups is 1. The van der Waals surface area contributed by atoms with E-state index in [1.165, 1.54) is 0 Å². The van der Waals surface area contributed by atoms with Gasteiger partial charge in [0.05, 0.1) is 6.54 Å². The molecular formula is C12H25N3O. The summed E-state index contributed by atoms with van der Waals surface area (Å²) in [5.74, 6) is 0.876. The summed E-state index contributed by atoms with van der Waals surface area (Å²) >= 11 is 0. The summed E-state index contributed by atoms with van der Waals surface area (Å²) in [6, 6.07) is 0.500. The zero-order chi connectivity index (χ0) is 12.1. The van der Waals surface area contributed by atoms with Crippen LogP contribution < -0.4 is 5.32 Å². The summed E-state index contributed by atoms with van der Waals surface area (Å²) in [6.07, 6.45) is 0. The molecule has 1 amide bonds. The molecule has 0 saturated carbocycles. The molecular weight excluding hydrogens is 202 g/mol. The van der Waals surface area contributed by atoms with Gasteiger partial charge in [0.1, 0.15) is 0 Å². The van der Waals surface area contributed by atoms with E-state index < -0.39 is 0 Å². The predicted molar refractivity (Wildman–Crippen MR) is 66.4 cm³/mol. The molecule has 0 aromatic carbocycles. The van der Waals surface area contributed by atoms with Gasteiger partial charge >= 0.3 is 0 Å². The Morgan fingerprint density at radius 3 is 2.38 bits per heavy atom. The molecule has 2 atom stereocenters. The summed E-state index contributed by atoms with van der Waals surface area (Å²) in [6.45, 7) is 10.5. The SMILES string of the molecule is CCN(CC)C(=O)CN(C)C1CNCC1C. The second-order valence-electron chi connectivity index (χ2n) is 4.68. The standard InChI is InChI=1S/C12H25N3O/c1-5-15(6-2)12(16)9-14(4)11-8-13-7-10(11)3/h10-11,13H,5-9H2,1-4H3. The molecule has 4 heteroatoms. The van der Waals surface area contributed by atoms with Crippen LogP contribution in [-0.2, 0) is 4.79 Å². The fourth-order valence-corrected chi connectivity index (χ4v) is 2.39. The smallest absolute Gasteiger partial charge is 0.236 e. The molecule has 16 heavy (non-hydrogen) atoms. The van der Waals surface area contributed by atoms with Crippen molar-refractivity contribution in [1.29, 1.82) is 0 Å². The van der Waals surface area contributed by atoms with Crippen molar-refractivity contribution in [2.75, 3.05) is 39.8 Å². The fourth-order valence-electron chi connectivity index (χ4n) is 2.39. The van der Waals surface area contributed by atoms with E-state index in [9.17, 15) is 4.79 Å². The molecule has 1 saturated heterocycles. The number of hydrogen-bond donors (Lipinski definition) is 1. The van der Waals surface area contributed by atoms with E-state index in [1.54, 1.807) is 0 Å². The van der Waals surface area contributed by atoms with Gasteiger partial charge in [0.25, 0.3) is 0 Å². The highest BCUT2D eigenvalue weighted by molar-refractivity contribution is 5.78. The predicted octanol–water partition coefficient (Wildman–Crippen LogP) is 0.395. The van der Waals surface area contributed by atoms with E-state index >= 15 is 0 Å². The number of nitrogens with zero attached hydrogens (tertiary/aromatic N) is 2. The molecule has 0 bridgehead atoms. The first-order valence-corrected chi connectivity index (χ1v) is 6.28. The van der Waals surface area contributed by atoms with E-state index in [1.807, 2.05) is 18.7 Å². The highest BCUT2D eigenvalue weighted by atomic mass is 16.2. The van der Waals surface area contributed by atoms with Gasteiger partial charge in [0.15, 0.2) is 0 Å². The normalized spacial score (nSPS) is 25.1. The van der Waals surface area contributed by atoms with Crippen molar-refractivity contribution in [3.63, 3.8) is 0 Å². The number of nitrogens with one attached hydrogen (secondary N) is 1. The Morgan fingerprint density at radius 2 is 1.94 bits per heavy atom. The van der Waals surface area contributed by atoms with Crippen LogP contribution in [0.2, 0.25) is 0 Å². The van der Waals surface area contributed by atoms with Crippen molar-refractivity contribution >= 4 is 5.91 Å². The second-order valence-corrected chi connectivity index (χ2v) is 4.68. The third kappa shape index (κ3) is 3.19. The number of rotatable bonds is 5. The van der Waals surface area contributed by atoms with Gasteiger partial charge in [-0.25, -0.2) is 0 Å². The topological polar surface area (TPSA) is 35.6 Å². The molecule has 4 nitrogen and oxygen atoms in total. The zero-order valence-corrected chi connectivity index (χ0v) is 11.0. The van der Waals surface area contributed by atoms with Crippen LogP contribution in [0.4, 0.5) is 0 Å². The Labute approximate surface area is 99.0 Å². The molecule has 1 aliphatic rings. The summed E-state index contributed by atoms with van der Waals surface area (Å²) in [5, 5.41) is 3.37. The average molecular weight is 227 g/mol. The van der Waals surface area contributed by atoms with Crippen molar-refractivity contribution in [3.05, 3.63) is 0 Å². The average Bonchev–Trinajstić information content (AvgIpc) is 2.66. The first kappa shape index (κ1) is 13.5. The number of amides is 1. The van der Waals surface area contributed by atoms with Crippen molar-refractivity contribution < 1.29 is 4.79 Å². The quantitative estimate of drug-likeness (QED) is 0.738. The molecule has 0 radical (unpaired) electrons. The van der Waals surface area contributed by atoms with Gasteiger partial charge in [-0.3, -0.25) is 9.69 Å². The lowest BCUT2D eigenvalue weighted by atomic mass is 10.1. The lowest BCUT2D eigenvalue weighted by Crippen LogP contribution is -2.45. The Morgan fingerprint density at radius 1 is 1.31 bits per heavy atom. The minimum Gasteiger partial charge on any atom is -0.342 e. The van der Waals surface area contributed by atoms with Crippen molar-refractivity contribution in [2.45, 2.75) is 26.8 Å². The van der Waals surface area contributed by atoms with E-state index in [0.29, 0.717) is 18.5 Å². The van der Waals surface area contributed by atoms with E-state index in [0.717, 1.165) is 26.2 Å². The fraction of sp³-hybridized carbons (Fsp3) is 0.917. The maximum absolute atomic E-state index is 11.9. The lowest BCUT2D eigenvalue weighted by Gasteiger charge is -2.29. The van der Waals surface area contributed by atoms with Crippen LogP contribution >= 0.6 is 0 Å². The monoisotopic (exact) mass is 227 g/mol. The molecule has 1 fully saturated rings. The summed E-state index contributed by atoms with van der Waals surface area (Å²) in [5.41, 5.74) is 0. The molecule has 1 aliphatic heterocycles. The minimum atomic E-state index is 0.242.